The molecule has 0 saturated carbocycles. The molecule has 0 spiro atoms. The van der Waals surface area contributed by atoms with Crippen molar-refractivity contribution in [1.82, 2.24) is 4.57 Å². The van der Waals surface area contributed by atoms with E-state index in [0.29, 0.717) is 5.71 Å². The van der Waals surface area contributed by atoms with Gasteiger partial charge in [-0.1, -0.05) is 36.4 Å². The van der Waals surface area contributed by atoms with E-state index in [9.17, 15) is 0 Å². The van der Waals surface area contributed by atoms with Crippen LogP contribution in [-0.4, -0.2) is 17.4 Å². The SMILES string of the molecule is COc1ccccc1CC(C(C)=N)c1cn2c3c(cccc13)CCC2. The van der Waals surface area contributed by atoms with Gasteiger partial charge in [-0.15, -0.1) is 0 Å². The van der Waals surface area contributed by atoms with Gasteiger partial charge in [0.2, 0.25) is 0 Å². The molecule has 2 heterocycles. The second-order valence-electron chi connectivity index (χ2n) is 6.95. The summed E-state index contributed by atoms with van der Waals surface area (Å²) in [6.45, 7) is 3.00. The van der Waals surface area contributed by atoms with Crippen molar-refractivity contribution < 1.29 is 4.74 Å². The van der Waals surface area contributed by atoms with Crippen LogP contribution >= 0.6 is 0 Å². The summed E-state index contributed by atoms with van der Waals surface area (Å²) in [5, 5.41) is 9.74. The van der Waals surface area contributed by atoms with Crippen LogP contribution in [0.3, 0.4) is 0 Å². The number of hydrogen-bond acceptors (Lipinski definition) is 2. The van der Waals surface area contributed by atoms with Crippen LogP contribution in [0.15, 0.2) is 48.7 Å². The molecule has 1 aromatic heterocycles. The van der Waals surface area contributed by atoms with Crippen molar-refractivity contribution in [2.24, 2.45) is 0 Å². The Hall–Kier alpha value is -2.55. The summed E-state index contributed by atoms with van der Waals surface area (Å²) in [6.07, 6.45) is 5.43. The molecule has 3 aromatic rings. The topological polar surface area (TPSA) is 38.0 Å². The zero-order valence-electron chi connectivity index (χ0n) is 14.9. The van der Waals surface area contributed by atoms with Gasteiger partial charge in [-0.3, -0.25) is 0 Å². The van der Waals surface area contributed by atoms with Gasteiger partial charge < -0.3 is 14.7 Å². The third-order valence-electron chi connectivity index (χ3n) is 5.37. The average molecular weight is 332 g/mol. The third-order valence-corrected chi connectivity index (χ3v) is 5.37. The molecule has 128 valence electrons. The van der Waals surface area contributed by atoms with E-state index in [2.05, 4.69) is 35.0 Å². The molecule has 0 saturated heterocycles. The van der Waals surface area contributed by atoms with E-state index in [1.807, 2.05) is 25.1 Å². The van der Waals surface area contributed by atoms with Gasteiger partial charge in [-0.05, 0) is 48.9 Å². The first-order valence-electron chi connectivity index (χ1n) is 8.96. The highest BCUT2D eigenvalue weighted by Gasteiger charge is 2.23. The Bertz CT molecular complexity index is 938. The maximum Gasteiger partial charge on any atom is 0.122 e. The van der Waals surface area contributed by atoms with Crippen molar-refractivity contribution in [3.05, 3.63) is 65.4 Å². The van der Waals surface area contributed by atoms with Crippen LogP contribution in [-0.2, 0) is 19.4 Å². The van der Waals surface area contributed by atoms with Crippen molar-refractivity contribution in [1.29, 1.82) is 5.41 Å². The second-order valence-corrected chi connectivity index (χ2v) is 6.95. The zero-order chi connectivity index (χ0) is 17.4. The van der Waals surface area contributed by atoms with Crippen LogP contribution in [0.5, 0.6) is 5.75 Å². The Morgan fingerprint density at radius 3 is 2.84 bits per heavy atom. The zero-order valence-corrected chi connectivity index (χ0v) is 14.9. The predicted molar refractivity (Wildman–Crippen MR) is 103 cm³/mol. The molecule has 3 heteroatoms. The van der Waals surface area contributed by atoms with Crippen LogP contribution in [0.1, 0.15) is 36.0 Å². The Morgan fingerprint density at radius 1 is 1.20 bits per heavy atom. The van der Waals surface area contributed by atoms with Crippen LogP contribution in [0.4, 0.5) is 0 Å². The fraction of sp³-hybridized carbons (Fsp3) is 0.318. The minimum absolute atomic E-state index is 0.0772. The maximum absolute atomic E-state index is 8.43. The highest BCUT2D eigenvalue weighted by atomic mass is 16.5. The lowest BCUT2D eigenvalue weighted by atomic mass is 9.87. The van der Waals surface area contributed by atoms with Gasteiger partial charge in [0.05, 0.1) is 12.6 Å². The minimum atomic E-state index is 0.0772. The van der Waals surface area contributed by atoms with Crippen LogP contribution in [0.25, 0.3) is 10.9 Å². The van der Waals surface area contributed by atoms with Crippen LogP contribution in [0.2, 0.25) is 0 Å². The number of ether oxygens (including phenoxy) is 1. The molecule has 2 aromatic carbocycles. The van der Waals surface area contributed by atoms with E-state index in [1.165, 1.54) is 28.5 Å². The summed E-state index contributed by atoms with van der Waals surface area (Å²) in [6, 6.07) is 14.8. The second kappa shape index (κ2) is 6.40. The normalized spacial score (nSPS) is 14.5. The predicted octanol–water partition coefficient (Wildman–Crippen LogP) is 4.96. The number of aryl methyl sites for hydroxylation is 2. The molecule has 1 aliphatic rings. The van der Waals surface area contributed by atoms with Crippen LogP contribution < -0.4 is 4.74 Å². The number of methoxy groups -OCH3 is 1. The molecule has 0 amide bonds. The number of rotatable bonds is 5. The smallest absolute Gasteiger partial charge is 0.122 e. The molecule has 25 heavy (non-hydrogen) atoms. The van der Waals surface area contributed by atoms with E-state index >= 15 is 0 Å². The van der Waals surface area contributed by atoms with E-state index < -0.39 is 0 Å². The fourth-order valence-corrected chi connectivity index (χ4v) is 4.15. The largest absolute Gasteiger partial charge is 0.496 e. The Balaban J connectivity index is 1.82. The van der Waals surface area contributed by atoms with E-state index in [4.69, 9.17) is 10.1 Å². The summed E-state index contributed by atoms with van der Waals surface area (Å²) in [4.78, 5) is 0. The van der Waals surface area contributed by atoms with Crippen molar-refractivity contribution >= 4 is 16.6 Å². The van der Waals surface area contributed by atoms with Crippen molar-refractivity contribution in [3.63, 3.8) is 0 Å². The van der Waals surface area contributed by atoms with E-state index in [1.54, 1.807) is 7.11 Å². The summed E-state index contributed by atoms with van der Waals surface area (Å²) in [5.41, 5.74) is 5.95. The highest BCUT2D eigenvalue weighted by Crippen LogP contribution is 2.36. The van der Waals surface area contributed by atoms with E-state index in [0.717, 1.165) is 30.7 Å². The van der Waals surface area contributed by atoms with Crippen molar-refractivity contribution in [2.45, 2.75) is 38.6 Å². The molecule has 0 radical (unpaired) electrons. The number of aromatic nitrogens is 1. The molecule has 1 N–H and O–H groups in total. The van der Waals surface area contributed by atoms with Gasteiger partial charge in [0.15, 0.2) is 0 Å². The molecule has 1 unspecified atom stereocenters. The van der Waals surface area contributed by atoms with Crippen molar-refractivity contribution in [2.75, 3.05) is 7.11 Å². The lowest BCUT2D eigenvalue weighted by Crippen LogP contribution is -2.12. The summed E-state index contributed by atoms with van der Waals surface area (Å²) in [7, 11) is 1.71. The summed E-state index contributed by atoms with van der Waals surface area (Å²) < 4.78 is 7.92. The first kappa shape index (κ1) is 15.9. The highest BCUT2D eigenvalue weighted by molar-refractivity contribution is 5.95. The molecule has 0 aliphatic carbocycles. The fourth-order valence-electron chi connectivity index (χ4n) is 4.15. The number of nitrogens with one attached hydrogen (secondary N) is 1. The Kier molecular flexibility index (Phi) is 4.08. The molecule has 1 atom stereocenters. The lowest BCUT2D eigenvalue weighted by molar-refractivity contribution is 0.409. The van der Waals surface area contributed by atoms with Gasteiger partial charge in [0.1, 0.15) is 5.75 Å². The van der Waals surface area contributed by atoms with Gasteiger partial charge in [-0.25, -0.2) is 0 Å². The molecular formula is C22H24N2O. The van der Waals surface area contributed by atoms with Gasteiger partial charge in [-0.2, -0.15) is 0 Å². The monoisotopic (exact) mass is 332 g/mol. The molecule has 1 aliphatic heterocycles. The molecule has 0 fully saturated rings. The molecule has 4 rings (SSSR count). The van der Waals surface area contributed by atoms with Gasteiger partial charge in [0, 0.05) is 29.8 Å². The standard InChI is InChI=1S/C22H24N2O/c1-15(23)19(13-17-7-3-4-11-21(17)25-2)20-14-24-12-6-9-16-8-5-10-18(20)22(16)24/h3-5,7-8,10-11,14,19,23H,6,9,12-13H2,1-2H3. The number of nitrogens with zero attached hydrogens (tertiary/aromatic N) is 1. The molecule has 3 nitrogen and oxygen atoms in total. The first-order valence-corrected chi connectivity index (χ1v) is 8.96. The number of hydrogen-bond donors (Lipinski definition) is 1. The van der Waals surface area contributed by atoms with Gasteiger partial charge >= 0.3 is 0 Å². The first-order chi connectivity index (χ1) is 12.2. The molecule has 0 bridgehead atoms. The summed E-state index contributed by atoms with van der Waals surface area (Å²) >= 11 is 0. The lowest BCUT2D eigenvalue weighted by Gasteiger charge is -2.17. The minimum Gasteiger partial charge on any atom is -0.496 e. The van der Waals surface area contributed by atoms with Crippen molar-refractivity contribution in [3.8, 4) is 5.75 Å². The Labute approximate surface area is 148 Å². The van der Waals surface area contributed by atoms with E-state index in [-0.39, 0.29) is 5.92 Å². The quantitative estimate of drug-likeness (QED) is 0.659. The maximum atomic E-state index is 8.43. The van der Waals surface area contributed by atoms with Crippen LogP contribution in [0, 0.1) is 5.41 Å². The molecular weight excluding hydrogens is 308 g/mol. The van der Waals surface area contributed by atoms with Gasteiger partial charge in [0.25, 0.3) is 0 Å². The number of para-hydroxylation sites is 2. The summed E-state index contributed by atoms with van der Waals surface area (Å²) in [5.74, 6) is 0.982. The third kappa shape index (κ3) is 2.74. The average Bonchev–Trinajstić information content (AvgIpc) is 3.00. The number of benzene rings is 2. The Morgan fingerprint density at radius 2 is 2.04 bits per heavy atom.